The molecule has 136 valence electrons. The van der Waals surface area contributed by atoms with Crippen molar-refractivity contribution in [3.05, 3.63) is 30.3 Å². The minimum absolute atomic E-state index is 0.169. The summed E-state index contributed by atoms with van der Waals surface area (Å²) in [6, 6.07) is 9.17. The second-order valence-corrected chi connectivity index (χ2v) is 6.70. The Morgan fingerprint density at radius 3 is 2.36 bits per heavy atom. The first-order valence-electron chi connectivity index (χ1n) is 8.44. The quantitative estimate of drug-likeness (QED) is 0.493. The second-order valence-electron chi connectivity index (χ2n) is 6.70. The van der Waals surface area contributed by atoms with Crippen molar-refractivity contribution in [2.75, 3.05) is 37.6 Å². The number of piperazine rings is 1. The molecular formula is C17H24N4O4. The molecule has 8 heteroatoms. The molecule has 3 rings (SSSR count). The topological polar surface area (TPSA) is 119 Å². The summed E-state index contributed by atoms with van der Waals surface area (Å²) in [5, 5.41) is 22.2. The van der Waals surface area contributed by atoms with Crippen LogP contribution in [0.4, 0.5) is 5.69 Å². The van der Waals surface area contributed by atoms with E-state index < -0.39 is 23.7 Å². The number of aliphatic hydroxyl groups is 2. The highest BCUT2D eigenvalue weighted by molar-refractivity contribution is 5.90. The molecule has 0 aromatic heterocycles. The number of amides is 2. The number of hydrogen-bond donors (Lipinski definition) is 4. The van der Waals surface area contributed by atoms with Gasteiger partial charge in [0.1, 0.15) is 0 Å². The van der Waals surface area contributed by atoms with Gasteiger partial charge in [0.25, 0.3) is 0 Å². The van der Waals surface area contributed by atoms with Gasteiger partial charge in [-0.3, -0.25) is 14.9 Å². The zero-order valence-corrected chi connectivity index (χ0v) is 14.0. The highest BCUT2D eigenvalue weighted by Crippen LogP contribution is 2.25. The monoisotopic (exact) mass is 348 g/mol. The Labute approximate surface area is 146 Å². The van der Waals surface area contributed by atoms with Crippen LogP contribution in [0, 0.1) is 5.92 Å². The molecule has 2 heterocycles. The number of nitrogens with zero attached hydrogens (tertiary/aromatic N) is 2. The van der Waals surface area contributed by atoms with Crippen molar-refractivity contribution >= 4 is 17.5 Å². The molecule has 8 nitrogen and oxygen atoms in total. The maximum atomic E-state index is 12.8. The van der Waals surface area contributed by atoms with E-state index >= 15 is 0 Å². The van der Waals surface area contributed by atoms with Crippen molar-refractivity contribution < 1.29 is 19.8 Å². The van der Waals surface area contributed by atoms with Crippen molar-refractivity contribution in [3.63, 3.8) is 0 Å². The summed E-state index contributed by atoms with van der Waals surface area (Å²) in [6.07, 6.45) is -0.240. The summed E-state index contributed by atoms with van der Waals surface area (Å²) in [6.45, 7) is 2.32. The van der Waals surface area contributed by atoms with Crippen molar-refractivity contribution in [2.45, 2.75) is 18.2 Å². The number of nitrogens with one attached hydrogen (secondary N) is 1. The highest BCUT2D eigenvalue weighted by atomic mass is 16.5. The number of para-hydroxylation sites is 1. The summed E-state index contributed by atoms with van der Waals surface area (Å²) in [4.78, 5) is 28.4. The zero-order chi connectivity index (χ0) is 18.0. The molecule has 2 aliphatic heterocycles. The van der Waals surface area contributed by atoms with Crippen LogP contribution in [-0.2, 0) is 9.59 Å². The molecule has 2 fully saturated rings. The number of carbonyl (C=O) groups is 2. The molecule has 1 aromatic carbocycles. The van der Waals surface area contributed by atoms with Crippen LogP contribution in [0.1, 0.15) is 6.42 Å². The average molecular weight is 348 g/mol. The number of primary amides is 1. The normalized spacial score (nSPS) is 26.3. The maximum Gasteiger partial charge on any atom is 0.240 e. The summed E-state index contributed by atoms with van der Waals surface area (Å²) in [7, 11) is 0. The van der Waals surface area contributed by atoms with Gasteiger partial charge in [-0.2, -0.15) is 0 Å². The molecule has 0 radical (unpaired) electrons. The Morgan fingerprint density at radius 2 is 1.76 bits per heavy atom. The lowest BCUT2D eigenvalue weighted by Gasteiger charge is -2.42. The van der Waals surface area contributed by atoms with Crippen molar-refractivity contribution in [3.8, 4) is 0 Å². The van der Waals surface area contributed by atoms with E-state index in [1.165, 1.54) is 0 Å². The third-order valence-electron chi connectivity index (χ3n) is 4.90. The number of piperidine rings is 1. The predicted octanol–water partition coefficient (Wildman–Crippen LogP) is -1.52. The van der Waals surface area contributed by atoms with Gasteiger partial charge in [0, 0.05) is 38.3 Å². The van der Waals surface area contributed by atoms with E-state index in [-0.39, 0.29) is 18.9 Å². The number of carbonyl (C=O) groups excluding carboxylic acids is 2. The van der Waals surface area contributed by atoms with Gasteiger partial charge in [0.15, 0.2) is 5.79 Å². The van der Waals surface area contributed by atoms with Gasteiger partial charge in [-0.15, -0.1) is 0 Å². The summed E-state index contributed by atoms with van der Waals surface area (Å²) in [5.74, 6) is -3.89. The number of hydrogen-bond acceptors (Lipinski definition) is 6. The van der Waals surface area contributed by atoms with Gasteiger partial charge in [-0.05, 0) is 12.1 Å². The molecule has 2 unspecified atom stereocenters. The molecule has 1 aromatic rings. The second kappa shape index (κ2) is 6.99. The molecule has 25 heavy (non-hydrogen) atoms. The molecule has 0 aliphatic carbocycles. The van der Waals surface area contributed by atoms with Crippen LogP contribution in [0.5, 0.6) is 0 Å². The van der Waals surface area contributed by atoms with E-state index in [0.29, 0.717) is 26.2 Å². The first kappa shape index (κ1) is 17.7. The summed E-state index contributed by atoms with van der Waals surface area (Å²) in [5.41, 5.74) is 6.48. The Kier molecular flexibility index (Phi) is 4.94. The SMILES string of the molecule is NC(=O)C1CC(O)(O)CNC1C(=O)N1CCN(c2ccccc2)CC1. The van der Waals surface area contributed by atoms with Crippen LogP contribution >= 0.6 is 0 Å². The van der Waals surface area contributed by atoms with Crippen molar-refractivity contribution in [2.24, 2.45) is 11.7 Å². The first-order valence-corrected chi connectivity index (χ1v) is 8.44. The van der Waals surface area contributed by atoms with Crippen LogP contribution in [-0.4, -0.2) is 71.5 Å². The molecule has 2 saturated heterocycles. The Balaban J connectivity index is 1.63. The lowest BCUT2D eigenvalue weighted by Crippen LogP contribution is -2.64. The lowest BCUT2D eigenvalue weighted by molar-refractivity contribution is -0.190. The average Bonchev–Trinajstić information content (AvgIpc) is 2.61. The van der Waals surface area contributed by atoms with Gasteiger partial charge in [0.05, 0.1) is 18.5 Å². The zero-order valence-electron chi connectivity index (χ0n) is 14.0. The number of benzene rings is 1. The van der Waals surface area contributed by atoms with E-state index in [1.807, 2.05) is 30.3 Å². The molecular weight excluding hydrogens is 324 g/mol. The fourth-order valence-electron chi connectivity index (χ4n) is 3.50. The third kappa shape index (κ3) is 3.92. The van der Waals surface area contributed by atoms with E-state index in [9.17, 15) is 19.8 Å². The molecule has 0 saturated carbocycles. The Bertz CT molecular complexity index is 629. The fraction of sp³-hybridized carbons (Fsp3) is 0.529. The van der Waals surface area contributed by atoms with Crippen LogP contribution in [0.3, 0.4) is 0 Å². The molecule has 2 amide bonds. The van der Waals surface area contributed by atoms with Gasteiger partial charge >= 0.3 is 0 Å². The smallest absolute Gasteiger partial charge is 0.240 e. The first-order chi connectivity index (χ1) is 11.9. The van der Waals surface area contributed by atoms with E-state index in [4.69, 9.17) is 5.73 Å². The standard InChI is InChI=1S/C17H24N4O4/c18-15(22)13-10-17(24,25)11-19-14(13)16(23)21-8-6-20(7-9-21)12-4-2-1-3-5-12/h1-5,13-14,19,24-25H,6-11H2,(H2,18,22). The number of nitrogens with two attached hydrogens (primary N) is 1. The summed E-state index contributed by atoms with van der Waals surface area (Å²) >= 11 is 0. The lowest BCUT2D eigenvalue weighted by atomic mass is 9.86. The van der Waals surface area contributed by atoms with Crippen LogP contribution in [0.25, 0.3) is 0 Å². The predicted molar refractivity (Wildman–Crippen MR) is 91.5 cm³/mol. The Morgan fingerprint density at radius 1 is 1.12 bits per heavy atom. The van der Waals surface area contributed by atoms with Gasteiger partial charge in [0.2, 0.25) is 11.8 Å². The molecule has 5 N–H and O–H groups in total. The molecule has 2 atom stereocenters. The minimum atomic E-state index is -2.03. The number of anilines is 1. The largest absolute Gasteiger partial charge is 0.369 e. The van der Waals surface area contributed by atoms with E-state index in [1.54, 1.807) is 4.90 Å². The number of β-amino-alcohol motifs (C(OH)–C–C–N with tert-alkyl or cyclic N) is 2. The fourth-order valence-corrected chi connectivity index (χ4v) is 3.50. The highest BCUT2D eigenvalue weighted by Gasteiger charge is 2.45. The summed E-state index contributed by atoms with van der Waals surface area (Å²) < 4.78 is 0. The van der Waals surface area contributed by atoms with E-state index in [2.05, 4.69) is 10.2 Å². The molecule has 0 bridgehead atoms. The van der Waals surface area contributed by atoms with Crippen LogP contribution in [0.2, 0.25) is 0 Å². The molecule has 0 spiro atoms. The van der Waals surface area contributed by atoms with Gasteiger partial charge in [-0.25, -0.2) is 0 Å². The molecule has 2 aliphatic rings. The minimum Gasteiger partial charge on any atom is -0.369 e. The van der Waals surface area contributed by atoms with Crippen LogP contribution < -0.4 is 16.0 Å². The van der Waals surface area contributed by atoms with Gasteiger partial charge in [-0.1, -0.05) is 18.2 Å². The maximum absolute atomic E-state index is 12.8. The van der Waals surface area contributed by atoms with Crippen molar-refractivity contribution in [1.82, 2.24) is 10.2 Å². The van der Waals surface area contributed by atoms with Crippen LogP contribution in [0.15, 0.2) is 30.3 Å². The van der Waals surface area contributed by atoms with E-state index in [0.717, 1.165) is 5.69 Å². The van der Waals surface area contributed by atoms with Crippen molar-refractivity contribution in [1.29, 1.82) is 0 Å². The Hall–Kier alpha value is -2.16. The third-order valence-corrected chi connectivity index (χ3v) is 4.90. The van der Waals surface area contributed by atoms with Gasteiger partial charge < -0.3 is 25.7 Å². The number of rotatable bonds is 3.